The van der Waals surface area contributed by atoms with E-state index in [0.717, 1.165) is 27.8 Å². The average Bonchev–Trinajstić information content (AvgIpc) is 3.20. The monoisotopic (exact) mass is 440 g/mol. The van der Waals surface area contributed by atoms with Crippen LogP contribution in [-0.2, 0) is 6.54 Å². The smallest absolute Gasteiger partial charge is 0.336 e. The maximum Gasteiger partial charge on any atom is 0.336 e. The first-order chi connectivity index (χ1) is 15.8. The van der Waals surface area contributed by atoms with Crippen molar-refractivity contribution in [2.45, 2.75) is 40.2 Å². The molecule has 5 rings (SSSR count). The Morgan fingerprint density at radius 1 is 1.00 bits per heavy atom. The molecule has 33 heavy (non-hydrogen) atoms. The highest BCUT2D eigenvalue weighted by Gasteiger charge is 2.15. The first-order valence-electron chi connectivity index (χ1n) is 10.9. The Kier molecular flexibility index (Phi) is 4.96. The molecule has 0 amide bonds. The Morgan fingerprint density at radius 3 is 2.55 bits per heavy atom. The van der Waals surface area contributed by atoms with Gasteiger partial charge in [0.25, 0.3) is 5.56 Å². The lowest BCUT2D eigenvalue weighted by Crippen LogP contribution is -2.22. The van der Waals surface area contributed by atoms with Gasteiger partial charge in [0.05, 0.1) is 18.4 Å². The first kappa shape index (κ1) is 20.9. The molecule has 0 unspecified atom stereocenters. The van der Waals surface area contributed by atoms with Crippen LogP contribution in [0.1, 0.15) is 42.0 Å². The zero-order chi connectivity index (χ0) is 23.3. The van der Waals surface area contributed by atoms with E-state index in [1.165, 1.54) is 22.5 Å². The van der Waals surface area contributed by atoms with Crippen LogP contribution in [0.15, 0.2) is 69.0 Å². The molecule has 0 aliphatic carbocycles. The maximum absolute atomic E-state index is 13.3. The van der Waals surface area contributed by atoms with Crippen LogP contribution in [0.4, 0.5) is 0 Å². The summed E-state index contributed by atoms with van der Waals surface area (Å²) in [6.45, 7) is 8.46. The van der Waals surface area contributed by atoms with Gasteiger partial charge < -0.3 is 4.42 Å². The van der Waals surface area contributed by atoms with Crippen LogP contribution in [0.25, 0.3) is 27.7 Å². The third-order valence-electron chi connectivity index (χ3n) is 6.08. The summed E-state index contributed by atoms with van der Waals surface area (Å²) >= 11 is 0. The number of hydrogen-bond donors (Lipinski definition) is 0. The number of fused-ring (bicyclic) bond motifs is 2. The van der Waals surface area contributed by atoms with Crippen LogP contribution < -0.4 is 11.2 Å². The standard InChI is InChI=1S/C26H24N4O3/c1-15(2)19-11-20-18(10-24(31)33-23(20)9-17(19)4)13-29-14-27-25-21(26(29)32)12-28-30(25)22-8-6-5-7-16(22)3/h5-12,14-15H,13H2,1-4H3. The molecule has 7 nitrogen and oxygen atoms in total. The molecule has 0 fully saturated rings. The molecule has 3 heterocycles. The van der Waals surface area contributed by atoms with Crippen molar-refractivity contribution in [2.24, 2.45) is 0 Å². The third-order valence-corrected chi connectivity index (χ3v) is 6.08. The first-order valence-corrected chi connectivity index (χ1v) is 10.9. The molecule has 0 radical (unpaired) electrons. The van der Waals surface area contributed by atoms with Gasteiger partial charge in [0, 0.05) is 11.5 Å². The van der Waals surface area contributed by atoms with Gasteiger partial charge in [-0.1, -0.05) is 32.0 Å². The Labute approximate surface area is 189 Å². The molecule has 0 atom stereocenters. The van der Waals surface area contributed by atoms with Crippen molar-refractivity contribution in [3.63, 3.8) is 0 Å². The molecule has 3 aromatic heterocycles. The van der Waals surface area contributed by atoms with Gasteiger partial charge in [-0.3, -0.25) is 9.36 Å². The molecule has 7 heteroatoms. The molecule has 0 spiro atoms. The van der Waals surface area contributed by atoms with E-state index in [-0.39, 0.29) is 12.1 Å². The maximum atomic E-state index is 13.3. The second-order valence-corrected chi connectivity index (χ2v) is 8.71. The molecule has 2 aromatic carbocycles. The van der Waals surface area contributed by atoms with Crippen molar-refractivity contribution < 1.29 is 4.42 Å². The van der Waals surface area contributed by atoms with Crippen LogP contribution in [0.3, 0.4) is 0 Å². The van der Waals surface area contributed by atoms with E-state index in [4.69, 9.17) is 4.42 Å². The minimum Gasteiger partial charge on any atom is -0.423 e. The van der Waals surface area contributed by atoms with Crippen LogP contribution in [0.2, 0.25) is 0 Å². The van der Waals surface area contributed by atoms with Crippen LogP contribution >= 0.6 is 0 Å². The normalized spacial score (nSPS) is 11.7. The Hall–Kier alpha value is -4.00. The van der Waals surface area contributed by atoms with Gasteiger partial charge in [0.2, 0.25) is 0 Å². The Morgan fingerprint density at radius 2 is 1.79 bits per heavy atom. The highest BCUT2D eigenvalue weighted by Crippen LogP contribution is 2.27. The molecule has 0 bridgehead atoms. The van der Waals surface area contributed by atoms with Crippen molar-refractivity contribution in [2.75, 3.05) is 0 Å². The molecule has 5 aromatic rings. The molecule has 0 aliphatic heterocycles. The molecule has 0 saturated heterocycles. The Bertz CT molecular complexity index is 1640. The van der Waals surface area contributed by atoms with E-state index >= 15 is 0 Å². The quantitative estimate of drug-likeness (QED) is 0.385. The van der Waals surface area contributed by atoms with Gasteiger partial charge in [-0.2, -0.15) is 5.10 Å². The fraction of sp³-hybridized carbons (Fsp3) is 0.231. The summed E-state index contributed by atoms with van der Waals surface area (Å²) < 4.78 is 8.64. The van der Waals surface area contributed by atoms with Gasteiger partial charge in [-0.15, -0.1) is 0 Å². The lowest BCUT2D eigenvalue weighted by atomic mass is 9.95. The Balaban J connectivity index is 1.64. The number of benzene rings is 2. The van der Waals surface area contributed by atoms with Crippen molar-refractivity contribution >= 4 is 22.0 Å². The van der Waals surface area contributed by atoms with E-state index < -0.39 is 5.63 Å². The summed E-state index contributed by atoms with van der Waals surface area (Å²) in [5, 5.41) is 5.66. The summed E-state index contributed by atoms with van der Waals surface area (Å²) in [6, 6.07) is 13.2. The highest BCUT2D eigenvalue weighted by molar-refractivity contribution is 5.82. The SMILES string of the molecule is Cc1cc2oc(=O)cc(Cn3cnc4c(cnn4-c4ccccc4C)c3=O)c2cc1C(C)C. The lowest BCUT2D eigenvalue weighted by Gasteiger charge is -2.13. The van der Waals surface area contributed by atoms with Crippen LogP contribution in [0, 0.1) is 13.8 Å². The summed E-state index contributed by atoms with van der Waals surface area (Å²) in [4.78, 5) is 30.1. The number of rotatable bonds is 4. The third kappa shape index (κ3) is 3.55. The van der Waals surface area contributed by atoms with Gasteiger partial charge >= 0.3 is 5.63 Å². The summed E-state index contributed by atoms with van der Waals surface area (Å²) in [5.74, 6) is 0.321. The molecule has 0 saturated carbocycles. The minimum atomic E-state index is -0.441. The van der Waals surface area contributed by atoms with Crippen molar-refractivity contribution in [1.29, 1.82) is 0 Å². The van der Waals surface area contributed by atoms with Crippen molar-refractivity contribution in [1.82, 2.24) is 19.3 Å². The number of nitrogens with zero attached hydrogens (tertiary/aromatic N) is 4. The minimum absolute atomic E-state index is 0.208. The van der Waals surface area contributed by atoms with Crippen LogP contribution in [-0.4, -0.2) is 19.3 Å². The average molecular weight is 441 g/mol. The van der Waals surface area contributed by atoms with Gasteiger partial charge in [0.15, 0.2) is 5.65 Å². The topological polar surface area (TPSA) is 82.9 Å². The van der Waals surface area contributed by atoms with Gasteiger partial charge in [0.1, 0.15) is 17.3 Å². The second kappa shape index (κ2) is 7.85. The number of para-hydroxylation sites is 1. The molecular formula is C26H24N4O3. The van der Waals surface area contributed by atoms with Crippen molar-refractivity contribution in [3.05, 3.63) is 98.0 Å². The largest absolute Gasteiger partial charge is 0.423 e. The molecular weight excluding hydrogens is 416 g/mol. The van der Waals surface area contributed by atoms with E-state index in [2.05, 4.69) is 30.0 Å². The predicted octanol–water partition coefficient (Wildman–Crippen LogP) is 4.48. The molecule has 0 N–H and O–H groups in total. The molecule has 0 aliphatic rings. The van der Waals surface area contributed by atoms with E-state index in [1.54, 1.807) is 10.9 Å². The van der Waals surface area contributed by atoms with Gasteiger partial charge in [-0.05, 0) is 60.2 Å². The van der Waals surface area contributed by atoms with Gasteiger partial charge in [-0.25, -0.2) is 14.5 Å². The number of aromatic nitrogens is 4. The summed E-state index contributed by atoms with van der Waals surface area (Å²) in [7, 11) is 0. The van der Waals surface area contributed by atoms with Crippen molar-refractivity contribution in [3.8, 4) is 5.69 Å². The highest BCUT2D eigenvalue weighted by atomic mass is 16.4. The predicted molar refractivity (Wildman–Crippen MR) is 128 cm³/mol. The zero-order valence-corrected chi connectivity index (χ0v) is 19.0. The fourth-order valence-corrected chi connectivity index (χ4v) is 4.37. The molecule has 166 valence electrons. The summed E-state index contributed by atoms with van der Waals surface area (Å²) in [6.07, 6.45) is 3.06. The van der Waals surface area contributed by atoms with E-state index in [0.29, 0.717) is 22.5 Å². The number of aryl methyl sites for hydroxylation is 2. The zero-order valence-electron chi connectivity index (χ0n) is 19.0. The van der Waals surface area contributed by atoms with E-state index in [9.17, 15) is 9.59 Å². The van der Waals surface area contributed by atoms with Crippen LogP contribution in [0.5, 0.6) is 0 Å². The van der Waals surface area contributed by atoms with E-state index in [1.807, 2.05) is 44.2 Å². The second-order valence-electron chi connectivity index (χ2n) is 8.71. The fourth-order valence-electron chi connectivity index (χ4n) is 4.37. The number of hydrogen-bond acceptors (Lipinski definition) is 5. The lowest BCUT2D eigenvalue weighted by molar-refractivity contribution is 0.556. The summed E-state index contributed by atoms with van der Waals surface area (Å²) in [5.41, 5.74) is 5.25.